The van der Waals surface area contributed by atoms with Crippen molar-refractivity contribution in [3.8, 4) is 34.1 Å². The molecule has 2 aliphatic rings. The largest absolute Gasteiger partial charge is 0.464 e. The van der Waals surface area contributed by atoms with Gasteiger partial charge in [0.15, 0.2) is 0 Å². The third-order valence-corrected chi connectivity index (χ3v) is 9.46. The highest BCUT2D eigenvalue weighted by Crippen LogP contribution is 2.49. The molecule has 0 saturated heterocycles. The summed E-state index contributed by atoms with van der Waals surface area (Å²) in [4.78, 5) is 2.35. The molecule has 4 nitrogen and oxygen atoms in total. The van der Waals surface area contributed by atoms with Crippen LogP contribution in [-0.2, 0) is 0 Å². The zero-order valence-corrected chi connectivity index (χ0v) is 25.3. The fraction of sp³-hybridized carbons (Fsp3) is 0. The second-order valence-electron chi connectivity index (χ2n) is 12.1. The molecule has 0 N–H and O–H groups in total. The molecule has 0 radical (unpaired) electrons. The number of hydrogen-bond donors (Lipinski definition) is 0. The Kier molecular flexibility index (Phi) is 5.63. The van der Waals surface area contributed by atoms with Gasteiger partial charge in [0.05, 0.1) is 23.3 Å². The maximum Gasteiger partial charge on any atom is 0.260 e. The Bertz CT molecular complexity index is 2430. The minimum atomic E-state index is 0.00661. The number of furan rings is 1. The summed E-state index contributed by atoms with van der Waals surface area (Å²) in [6.07, 6.45) is 1.77. The highest BCUT2D eigenvalue weighted by Gasteiger charge is 2.40. The molecule has 0 amide bonds. The van der Waals surface area contributed by atoms with Gasteiger partial charge in [0.1, 0.15) is 28.6 Å². The van der Waals surface area contributed by atoms with Crippen molar-refractivity contribution in [3.63, 3.8) is 0 Å². The molecule has 0 aliphatic carbocycles. The molecule has 47 heavy (non-hydrogen) atoms. The van der Waals surface area contributed by atoms with Crippen LogP contribution in [0.3, 0.4) is 0 Å². The van der Waals surface area contributed by atoms with Crippen LogP contribution in [0, 0.1) is 0 Å². The van der Waals surface area contributed by atoms with Gasteiger partial charge in [-0.3, -0.25) is 0 Å². The summed E-state index contributed by atoms with van der Waals surface area (Å²) in [5.41, 5.74) is 9.36. The van der Waals surface area contributed by atoms with Crippen LogP contribution in [0.15, 0.2) is 162 Å². The highest BCUT2D eigenvalue weighted by molar-refractivity contribution is 6.98. The molecular weight excluding hydrogens is 577 g/mol. The number of hydrogen-bond acceptors (Lipinski definition) is 4. The van der Waals surface area contributed by atoms with Crippen molar-refractivity contribution in [3.05, 3.63) is 158 Å². The van der Waals surface area contributed by atoms with Gasteiger partial charge in [-0.1, -0.05) is 103 Å². The van der Waals surface area contributed by atoms with Crippen LogP contribution in [0.4, 0.5) is 17.1 Å². The average Bonchev–Trinajstić information content (AvgIpc) is 3.61. The topological polar surface area (TPSA) is 34.8 Å². The van der Waals surface area contributed by atoms with Crippen molar-refractivity contribution < 1.29 is 13.9 Å². The minimum Gasteiger partial charge on any atom is -0.464 e. The first-order valence-corrected chi connectivity index (χ1v) is 15.9. The summed E-state index contributed by atoms with van der Waals surface area (Å²) in [7, 11) is 0. The van der Waals surface area contributed by atoms with Gasteiger partial charge in [0.25, 0.3) is 6.71 Å². The molecule has 0 spiro atoms. The van der Waals surface area contributed by atoms with E-state index >= 15 is 0 Å². The van der Waals surface area contributed by atoms with E-state index in [1.165, 1.54) is 0 Å². The van der Waals surface area contributed by atoms with E-state index in [0.717, 1.165) is 89.3 Å². The lowest BCUT2D eigenvalue weighted by Crippen LogP contribution is -2.57. The first kappa shape index (κ1) is 26.1. The van der Waals surface area contributed by atoms with Crippen LogP contribution < -0.4 is 30.8 Å². The molecule has 0 saturated carbocycles. The summed E-state index contributed by atoms with van der Waals surface area (Å²) in [5, 5.41) is 3.31. The Morgan fingerprint density at radius 1 is 0.511 bits per heavy atom. The number of para-hydroxylation sites is 2. The molecule has 0 fully saturated rings. The SMILES string of the molecule is c1ccc(-c2ccc3occc3c2N(c2cc3c4c(c2)Oc2ccccc2B4c2ccccc2O3)c2cccc3ccccc23)cc1. The van der Waals surface area contributed by atoms with Gasteiger partial charge in [0.2, 0.25) is 0 Å². The van der Waals surface area contributed by atoms with Crippen LogP contribution in [-0.4, -0.2) is 6.71 Å². The molecule has 0 bridgehead atoms. The zero-order chi connectivity index (χ0) is 30.9. The molecular formula is C42H26BNO3. The minimum absolute atomic E-state index is 0.00661. The van der Waals surface area contributed by atoms with Gasteiger partial charge in [-0.25, -0.2) is 0 Å². The Morgan fingerprint density at radius 2 is 1.17 bits per heavy atom. The molecule has 0 unspecified atom stereocenters. The van der Waals surface area contributed by atoms with Gasteiger partial charge >= 0.3 is 0 Å². The van der Waals surface area contributed by atoms with Crippen LogP contribution >= 0.6 is 0 Å². The molecule has 5 heteroatoms. The van der Waals surface area contributed by atoms with Gasteiger partial charge in [0, 0.05) is 33.9 Å². The Morgan fingerprint density at radius 3 is 1.94 bits per heavy atom. The van der Waals surface area contributed by atoms with Crippen LogP contribution in [0.2, 0.25) is 0 Å². The second kappa shape index (κ2) is 10.2. The lowest BCUT2D eigenvalue weighted by molar-refractivity contribution is 0.465. The van der Waals surface area contributed by atoms with Crippen molar-refractivity contribution in [1.29, 1.82) is 0 Å². The predicted octanol–water partition coefficient (Wildman–Crippen LogP) is 9.45. The van der Waals surface area contributed by atoms with E-state index in [4.69, 9.17) is 13.9 Å². The summed E-state index contributed by atoms with van der Waals surface area (Å²) >= 11 is 0. The van der Waals surface area contributed by atoms with E-state index in [1.807, 2.05) is 12.1 Å². The Balaban J connectivity index is 1.30. The van der Waals surface area contributed by atoms with Crippen LogP contribution in [0.1, 0.15) is 0 Å². The van der Waals surface area contributed by atoms with Crippen molar-refractivity contribution >= 4 is 61.9 Å². The van der Waals surface area contributed by atoms with Gasteiger partial charge < -0.3 is 18.8 Å². The summed E-state index contributed by atoms with van der Waals surface area (Å²) in [6, 6.07) is 52.9. The fourth-order valence-electron chi connectivity index (χ4n) is 7.42. The summed E-state index contributed by atoms with van der Waals surface area (Å²) in [5.74, 6) is 3.31. The highest BCUT2D eigenvalue weighted by atomic mass is 16.5. The maximum absolute atomic E-state index is 6.75. The molecule has 7 aromatic carbocycles. The third-order valence-electron chi connectivity index (χ3n) is 9.46. The lowest BCUT2D eigenvalue weighted by atomic mass is 9.35. The normalized spacial score (nSPS) is 12.6. The van der Waals surface area contributed by atoms with E-state index < -0.39 is 0 Å². The van der Waals surface area contributed by atoms with E-state index in [-0.39, 0.29) is 6.71 Å². The molecule has 220 valence electrons. The van der Waals surface area contributed by atoms with Crippen LogP contribution in [0.25, 0.3) is 32.9 Å². The van der Waals surface area contributed by atoms with Crippen molar-refractivity contribution in [2.24, 2.45) is 0 Å². The number of anilines is 3. The molecule has 10 rings (SSSR count). The maximum atomic E-state index is 6.75. The quantitative estimate of drug-likeness (QED) is 0.188. The summed E-state index contributed by atoms with van der Waals surface area (Å²) < 4.78 is 19.5. The van der Waals surface area contributed by atoms with Crippen molar-refractivity contribution in [1.82, 2.24) is 0 Å². The Labute approximate surface area is 272 Å². The fourth-order valence-corrected chi connectivity index (χ4v) is 7.42. The molecule has 1 aromatic heterocycles. The summed E-state index contributed by atoms with van der Waals surface area (Å²) in [6.45, 7) is 0.00661. The number of ether oxygens (including phenoxy) is 2. The zero-order valence-electron chi connectivity index (χ0n) is 25.3. The van der Waals surface area contributed by atoms with E-state index in [0.29, 0.717) is 0 Å². The molecule has 0 atom stereocenters. The number of rotatable bonds is 4. The standard InChI is InChI=1S/C42H26BNO3/c1-2-11-28(12-3-1)31-21-22-36-32(23-24-45-36)42(31)44(35-18-10-14-27-13-4-5-15-30(27)35)29-25-39-41-40(26-29)47-38-20-9-7-17-34(38)43(41)33-16-6-8-19-37(33)46-39/h1-26H. The number of nitrogens with zero attached hydrogens (tertiary/aromatic N) is 1. The monoisotopic (exact) mass is 603 g/mol. The third kappa shape index (κ3) is 3.96. The average molecular weight is 603 g/mol. The molecule has 8 aromatic rings. The van der Waals surface area contributed by atoms with Crippen LogP contribution in [0.5, 0.6) is 23.0 Å². The predicted molar refractivity (Wildman–Crippen MR) is 192 cm³/mol. The lowest BCUT2D eigenvalue weighted by Gasteiger charge is -2.35. The van der Waals surface area contributed by atoms with E-state index in [2.05, 4.69) is 144 Å². The van der Waals surface area contributed by atoms with Gasteiger partial charge in [-0.15, -0.1) is 0 Å². The Hall–Kier alpha value is -6.20. The van der Waals surface area contributed by atoms with Crippen molar-refractivity contribution in [2.75, 3.05) is 4.90 Å². The van der Waals surface area contributed by atoms with E-state index in [9.17, 15) is 0 Å². The van der Waals surface area contributed by atoms with Gasteiger partial charge in [-0.05, 0) is 58.3 Å². The number of benzene rings is 7. The van der Waals surface area contributed by atoms with Crippen molar-refractivity contribution in [2.45, 2.75) is 0 Å². The van der Waals surface area contributed by atoms with E-state index in [1.54, 1.807) is 6.26 Å². The first-order chi connectivity index (χ1) is 23.3. The molecule has 2 aliphatic heterocycles. The molecule has 3 heterocycles. The number of fused-ring (bicyclic) bond motifs is 6. The first-order valence-electron chi connectivity index (χ1n) is 15.9. The second-order valence-corrected chi connectivity index (χ2v) is 12.1. The van der Waals surface area contributed by atoms with Gasteiger partial charge in [-0.2, -0.15) is 0 Å². The smallest absolute Gasteiger partial charge is 0.260 e.